The Morgan fingerprint density at radius 3 is 2.56 bits per heavy atom. The van der Waals surface area contributed by atoms with E-state index in [1.807, 2.05) is 42.5 Å². The van der Waals surface area contributed by atoms with Gasteiger partial charge >= 0.3 is 0 Å². The predicted molar refractivity (Wildman–Crippen MR) is 74.2 cm³/mol. The Bertz CT molecular complexity index is 499. The van der Waals surface area contributed by atoms with Crippen LogP contribution in [-0.4, -0.2) is 12.1 Å². The number of pyridine rings is 1. The van der Waals surface area contributed by atoms with Gasteiger partial charge in [-0.2, -0.15) is 0 Å². The molecule has 1 aromatic carbocycles. The number of nitrogens with zero attached hydrogens (tertiary/aromatic N) is 1. The van der Waals surface area contributed by atoms with Crippen molar-refractivity contribution in [2.24, 2.45) is 0 Å². The lowest BCUT2D eigenvalue weighted by Crippen LogP contribution is -1.99. The largest absolute Gasteiger partial charge is 0.487 e. The van der Waals surface area contributed by atoms with Gasteiger partial charge in [0.15, 0.2) is 0 Å². The topological polar surface area (TPSA) is 31.4 Å². The Balaban J connectivity index is 1.97. The summed E-state index contributed by atoms with van der Waals surface area (Å²) in [5.41, 5.74) is 2.07. The number of methoxy groups -OCH3 is 1. The van der Waals surface area contributed by atoms with Crippen molar-refractivity contribution < 1.29 is 9.47 Å². The number of hydrogen-bond donors (Lipinski definition) is 0. The van der Waals surface area contributed by atoms with E-state index in [4.69, 9.17) is 9.47 Å². The molecule has 0 bridgehead atoms. The minimum atomic E-state index is 0.435. The van der Waals surface area contributed by atoms with Gasteiger partial charge in [-0.25, -0.2) is 4.98 Å². The first-order chi connectivity index (χ1) is 8.81. The zero-order chi connectivity index (χ0) is 12.8. The molecule has 0 aliphatic carbocycles. The van der Waals surface area contributed by atoms with Gasteiger partial charge in [0.1, 0.15) is 12.4 Å². The zero-order valence-electron chi connectivity index (χ0n) is 10.1. The van der Waals surface area contributed by atoms with Gasteiger partial charge in [-0.3, -0.25) is 0 Å². The van der Waals surface area contributed by atoms with E-state index in [1.165, 1.54) is 5.56 Å². The van der Waals surface area contributed by atoms with Crippen molar-refractivity contribution >= 4 is 15.9 Å². The molecule has 0 atom stereocenters. The van der Waals surface area contributed by atoms with Gasteiger partial charge in [-0.1, -0.05) is 34.1 Å². The number of halogens is 1. The third-order valence-corrected chi connectivity index (χ3v) is 3.10. The fraction of sp³-hybridized carbons (Fsp3) is 0.214. The predicted octanol–water partition coefficient (Wildman–Crippen LogP) is 3.56. The Hall–Kier alpha value is -1.55. The minimum Gasteiger partial charge on any atom is -0.487 e. The molecule has 0 saturated heterocycles. The first kappa shape index (κ1) is 12.9. The van der Waals surface area contributed by atoms with Crippen molar-refractivity contribution in [1.82, 2.24) is 4.98 Å². The highest BCUT2D eigenvalue weighted by Gasteiger charge is 1.99. The lowest BCUT2D eigenvalue weighted by molar-refractivity contribution is 0.298. The van der Waals surface area contributed by atoms with Crippen LogP contribution in [0.1, 0.15) is 11.3 Å². The molecule has 1 heterocycles. The van der Waals surface area contributed by atoms with Crippen molar-refractivity contribution in [2.75, 3.05) is 7.11 Å². The van der Waals surface area contributed by atoms with E-state index < -0.39 is 0 Å². The lowest BCUT2D eigenvalue weighted by Gasteiger charge is -2.07. The Kier molecular flexibility index (Phi) is 4.59. The van der Waals surface area contributed by atoms with Gasteiger partial charge in [0.2, 0.25) is 5.88 Å². The Morgan fingerprint density at radius 1 is 1.11 bits per heavy atom. The number of ether oxygens (including phenoxy) is 2. The van der Waals surface area contributed by atoms with Gasteiger partial charge in [0.05, 0.1) is 12.8 Å². The summed E-state index contributed by atoms with van der Waals surface area (Å²) in [6.45, 7) is 0.435. The van der Waals surface area contributed by atoms with Gasteiger partial charge in [0.25, 0.3) is 0 Å². The van der Waals surface area contributed by atoms with Crippen LogP contribution in [0.25, 0.3) is 0 Å². The number of benzene rings is 1. The zero-order valence-corrected chi connectivity index (χ0v) is 11.7. The van der Waals surface area contributed by atoms with E-state index in [0.717, 1.165) is 16.8 Å². The van der Waals surface area contributed by atoms with Crippen molar-refractivity contribution in [3.05, 3.63) is 53.7 Å². The van der Waals surface area contributed by atoms with Crippen LogP contribution >= 0.6 is 15.9 Å². The number of aromatic nitrogens is 1. The van der Waals surface area contributed by atoms with Crippen LogP contribution in [0.4, 0.5) is 0 Å². The summed E-state index contributed by atoms with van der Waals surface area (Å²) in [6, 6.07) is 13.6. The van der Waals surface area contributed by atoms with Gasteiger partial charge in [-0.15, -0.1) is 0 Å². The van der Waals surface area contributed by atoms with E-state index in [0.29, 0.717) is 12.5 Å². The standard InChI is InChI=1S/C14H14BrNO2/c1-17-14-4-2-3-12(16-14)10-18-13-7-5-11(9-15)6-8-13/h2-8H,9-10H2,1H3. The molecular formula is C14H14BrNO2. The van der Waals surface area contributed by atoms with E-state index in [2.05, 4.69) is 20.9 Å². The summed E-state index contributed by atoms with van der Waals surface area (Å²) in [4.78, 5) is 4.29. The van der Waals surface area contributed by atoms with E-state index in [-0.39, 0.29) is 0 Å². The fourth-order valence-electron chi connectivity index (χ4n) is 1.48. The molecule has 0 aliphatic rings. The van der Waals surface area contributed by atoms with Gasteiger partial charge in [0, 0.05) is 11.4 Å². The normalized spacial score (nSPS) is 10.1. The summed E-state index contributed by atoms with van der Waals surface area (Å²) >= 11 is 3.41. The Labute approximate surface area is 115 Å². The minimum absolute atomic E-state index is 0.435. The van der Waals surface area contributed by atoms with Gasteiger partial charge < -0.3 is 9.47 Å². The molecule has 18 heavy (non-hydrogen) atoms. The molecule has 1 aromatic heterocycles. The van der Waals surface area contributed by atoms with Crippen molar-refractivity contribution in [3.63, 3.8) is 0 Å². The van der Waals surface area contributed by atoms with Crippen LogP contribution in [0.2, 0.25) is 0 Å². The van der Waals surface area contributed by atoms with Crippen molar-refractivity contribution in [1.29, 1.82) is 0 Å². The number of alkyl halides is 1. The molecule has 2 aromatic rings. The van der Waals surface area contributed by atoms with E-state index in [1.54, 1.807) is 7.11 Å². The maximum Gasteiger partial charge on any atom is 0.213 e. The van der Waals surface area contributed by atoms with Crippen LogP contribution in [0, 0.1) is 0 Å². The van der Waals surface area contributed by atoms with E-state index in [9.17, 15) is 0 Å². The lowest BCUT2D eigenvalue weighted by atomic mass is 10.2. The average molecular weight is 308 g/mol. The SMILES string of the molecule is COc1cccc(COc2ccc(CBr)cc2)n1. The molecule has 0 aliphatic heterocycles. The maximum absolute atomic E-state index is 5.66. The second kappa shape index (κ2) is 6.40. The summed E-state index contributed by atoms with van der Waals surface area (Å²) in [5.74, 6) is 1.44. The molecule has 0 unspecified atom stereocenters. The quantitative estimate of drug-likeness (QED) is 0.791. The van der Waals surface area contributed by atoms with Crippen LogP contribution in [-0.2, 0) is 11.9 Å². The Morgan fingerprint density at radius 2 is 1.89 bits per heavy atom. The van der Waals surface area contributed by atoms with Crippen LogP contribution < -0.4 is 9.47 Å². The van der Waals surface area contributed by atoms with E-state index >= 15 is 0 Å². The third kappa shape index (κ3) is 3.47. The second-order valence-corrected chi connectivity index (χ2v) is 4.30. The third-order valence-electron chi connectivity index (χ3n) is 2.45. The number of rotatable bonds is 5. The second-order valence-electron chi connectivity index (χ2n) is 3.74. The molecule has 3 nitrogen and oxygen atoms in total. The maximum atomic E-state index is 5.66. The fourth-order valence-corrected chi connectivity index (χ4v) is 1.86. The molecule has 0 saturated carbocycles. The molecule has 4 heteroatoms. The van der Waals surface area contributed by atoms with Crippen molar-refractivity contribution in [2.45, 2.75) is 11.9 Å². The molecule has 0 N–H and O–H groups in total. The highest BCUT2D eigenvalue weighted by Crippen LogP contribution is 2.16. The summed E-state index contributed by atoms with van der Waals surface area (Å²) in [7, 11) is 1.60. The van der Waals surface area contributed by atoms with Crippen LogP contribution in [0.5, 0.6) is 11.6 Å². The first-order valence-corrected chi connectivity index (χ1v) is 6.71. The number of hydrogen-bond acceptors (Lipinski definition) is 3. The van der Waals surface area contributed by atoms with Gasteiger partial charge in [-0.05, 0) is 23.8 Å². The molecular weight excluding hydrogens is 294 g/mol. The van der Waals surface area contributed by atoms with Crippen molar-refractivity contribution in [3.8, 4) is 11.6 Å². The summed E-state index contributed by atoms with van der Waals surface area (Å²) in [6.07, 6.45) is 0. The summed E-state index contributed by atoms with van der Waals surface area (Å²) in [5, 5.41) is 0.852. The monoisotopic (exact) mass is 307 g/mol. The molecule has 0 amide bonds. The molecule has 94 valence electrons. The molecule has 2 rings (SSSR count). The molecule has 0 fully saturated rings. The highest BCUT2D eigenvalue weighted by molar-refractivity contribution is 9.08. The average Bonchev–Trinajstić information content (AvgIpc) is 2.46. The summed E-state index contributed by atoms with van der Waals surface area (Å²) < 4.78 is 10.7. The molecule has 0 spiro atoms. The first-order valence-electron chi connectivity index (χ1n) is 5.59. The smallest absolute Gasteiger partial charge is 0.213 e. The van der Waals surface area contributed by atoms with Crippen LogP contribution in [0.3, 0.4) is 0 Å². The molecule has 0 radical (unpaired) electrons. The van der Waals surface area contributed by atoms with Crippen LogP contribution in [0.15, 0.2) is 42.5 Å². The highest BCUT2D eigenvalue weighted by atomic mass is 79.9.